The van der Waals surface area contributed by atoms with Gasteiger partial charge in [0.05, 0.1) is 0 Å². The summed E-state index contributed by atoms with van der Waals surface area (Å²) in [6.45, 7) is 2.82. The number of anilines is 1. The van der Waals surface area contributed by atoms with Gasteiger partial charge in [-0.05, 0) is 19.1 Å². The number of aromatic nitrogens is 1. The van der Waals surface area contributed by atoms with Crippen LogP contribution in [0.3, 0.4) is 0 Å². The molecule has 0 spiro atoms. The van der Waals surface area contributed by atoms with Crippen molar-refractivity contribution in [1.82, 2.24) is 5.16 Å². The van der Waals surface area contributed by atoms with E-state index in [0.717, 1.165) is 17.8 Å². The molecular weight excluding hydrogens is 212 g/mol. The van der Waals surface area contributed by atoms with Crippen molar-refractivity contribution in [1.29, 1.82) is 0 Å². The van der Waals surface area contributed by atoms with E-state index in [2.05, 4.69) is 10.5 Å². The number of hydrogen-bond donors (Lipinski definition) is 1. The van der Waals surface area contributed by atoms with E-state index in [0.29, 0.717) is 10.9 Å². The van der Waals surface area contributed by atoms with Crippen molar-refractivity contribution in [3.63, 3.8) is 0 Å². The van der Waals surface area contributed by atoms with Gasteiger partial charge < -0.3 is 9.84 Å². The van der Waals surface area contributed by atoms with Crippen LogP contribution in [-0.4, -0.2) is 11.7 Å². The first kappa shape index (κ1) is 10.1. The van der Waals surface area contributed by atoms with Crippen LogP contribution < -0.4 is 5.32 Å². The monoisotopic (exact) mass is 222 g/mol. The van der Waals surface area contributed by atoms with Gasteiger partial charge in [0.15, 0.2) is 0 Å². The van der Waals surface area contributed by atoms with Crippen molar-refractivity contribution >= 4 is 17.5 Å². The number of nitrogens with one attached hydrogen (secondary N) is 1. The molecule has 0 aliphatic carbocycles. The number of rotatable bonds is 3. The summed E-state index contributed by atoms with van der Waals surface area (Å²) >= 11 is 5.80. The minimum Gasteiger partial charge on any atom is -0.354 e. The van der Waals surface area contributed by atoms with Crippen LogP contribution in [0.4, 0.5) is 5.88 Å². The van der Waals surface area contributed by atoms with Crippen molar-refractivity contribution in [2.24, 2.45) is 0 Å². The lowest BCUT2D eigenvalue weighted by Gasteiger charge is -1.94. The molecule has 0 aliphatic rings. The molecule has 0 radical (unpaired) electrons. The predicted octanol–water partition coefficient (Wildman–Crippen LogP) is 3.43. The van der Waals surface area contributed by atoms with Crippen LogP contribution in [0.25, 0.3) is 11.3 Å². The molecule has 1 aromatic heterocycles. The number of nitrogens with zero attached hydrogens (tertiary/aromatic N) is 1. The third-order valence-electron chi connectivity index (χ3n) is 2.00. The van der Waals surface area contributed by atoms with Gasteiger partial charge in [-0.2, -0.15) is 0 Å². The predicted molar refractivity (Wildman–Crippen MR) is 61.1 cm³/mol. The molecule has 1 heterocycles. The summed E-state index contributed by atoms with van der Waals surface area (Å²) in [4.78, 5) is 0. The highest BCUT2D eigenvalue weighted by atomic mass is 35.5. The van der Waals surface area contributed by atoms with Gasteiger partial charge >= 0.3 is 0 Å². The lowest BCUT2D eigenvalue weighted by molar-refractivity contribution is 0.435. The van der Waals surface area contributed by atoms with Crippen LogP contribution in [0.15, 0.2) is 34.9 Å². The Kier molecular flexibility index (Phi) is 2.92. The zero-order valence-electron chi connectivity index (χ0n) is 8.33. The summed E-state index contributed by atoms with van der Waals surface area (Å²) < 4.78 is 5.10. The van der Waals surface area contributed by atoms with Crippen LogP contribution in [0, 0.1) is 0 Å². The molecule has 3 nitrogen and oxygen atoms in total. The quantitative estimate of drug-likeness (QED) is 0.865. The molecule has 1 aromatic carbocycles. The molecular formula is C11H11ClN2O. The van der Waals surface area contributed by atoms with Gasteiger partial charge in [-0.1, -0.05) is 28.9 Å². The molecule has 0 saturated heterocycles. The maximum atomic E-state index is 5.80. The molecule has 0 unspecified atom stereocenters. The van der Waals surface area contributed by atoms with Gasteiger partial charge in [0.1, 0.15) is 5.69 Å². The van der Waals surface area contributed by atoms with Crippen molar-refractivity contribution in [2.45, 2.75) is 6.92 Å². The molecule has 78 valence electrons. The molecule has 0 aliphatic heterocycles. The normalized spacial score (nSPS) is 10.3. The van der Waals surface area contributed by atoms with E-state index >= 15 is 0 Å². The van der Waals surface area contributed by atoms with Crippen LogP contribution in [0.2, 0.25) is 5.02 Å². The Morgan fingerprint density at radius 1 is 1.33 bits per heavy atom. The van der Waals surface area contributed by atoms with Gasteiger partial charge in [0, 0.05) is 23.2 Å². The van der Waals surface area contributed by atoms with E-state index in [-0.39, 0.29) is 0 Å². The van der Waals surface area contributed by atoms with Crippen molar-refractivity contribution < 1.29 is 4.52 Å². The van der Waals surface area contributed by atoms with Crippen LogP contribution >= 0.6 is 11.6 Å². The van der Waals surface area contributed by atoms with E-state index in [9.17, 15) is 0 Å². The lowest BCUT2D eigenvalue weighted by atomic mass is 10.1. The smallest absolute Gasteiger partial charge is 0.225 e. The second-order valence-corrected chi connectivity index (χ2v) is 3.55. The Morgan fingerprint density at radius 2 is 2.07 bits per heavy atom. The SMILES string of the molecule is CCNc1cc(-c2ccc(Cl)cc2)no1. The molecule has 0 fully saturated rings. The van der Waals surface area contributed by atoms with Crippen molar-refractivity contribution in [2.75, 3.05) is 11.9 Å². The Balaban J connectivity index is 2.25. The molecule has 2 rings (SSSR count). The summed E-state index contributed by atoms with van der Waals surface area (Å²) in [7, 11) is 0. The van der Waals surface area contributed by atoms with E-state index in [1.165, 1.54) is 0 Å². The van der Waals surface area contributed by atoms with Gasteiger partial charge in [-0.25, -0.2) is 0 Å². The van der Waals surface area contributed by atoms with E-state index in [1.807, 2.05) is 37.3 Å². The highest BCUT2D eigenvalue weighted by molar-refractivity contribution is 6.30. The minimum absolute atomic E-state index is 0.683. The van der Waals surface area contributed by atoms with Gasteiger partial charge in [-0.15, -0.1) is 0 Å². The molecule has 0 saturated carbocycles. The minimum atomic E-state index is 0.683. The largest absolute Gasteiger partial charge is 0.354 e. The Morgan fingerprint density at radius 3 is 2.73 bits per heavy atom. The fourth-order valence-electron chi connectivity index (χ4n) is 1.29. The second-order valence-electron chi connectivity index (χ2n) is 3.11. The topological polar surface area (TPSA) is 38.1 Å². The summed E-state index contributed by atoms with van der Waals surface area (Å²) in [6, 6.07) is 9.36. The Hall–Kier alpha value is -1.48. The molecule has 0 atom stereocenters. The second kappa shape index (κ2) is 4.36. The molecule has 1 N–H and O–H groups in total. The van der Waals surface area contributed by atoms with Gasteiger partial charge in [0.25, 0.3) is 0 Å². The van der Waals surface area contributed by atoms with E-state index in [1.54, 1.807) is 0 Å². The summed E-state index contributed by atoms with van der Waals surface area (Å²) in [5.41, 5.74) is 1.80. The first-order valence-electron chi connectivity index (χ1n) is 4.76. The molecule has 15 heavy (non-hydrogen) atoms. The zero-order valence-corrected chi connectivity index (χ0v) is 9.08. The Labute approximate surface area is 93.0 Å². The summed E-state index contributed by atoms with van der Waals surface area (Å²) in [5.74, 6) is 0.683. The highest BCUT2D eigenvalue weighted by Gasteiger charge is 2.04. The molecule has 2 aromatic rings. The first-order valence-corrected chi connectivity index (χ1v) is 5.14. The summed E-state index contributed by atoms with van der Waals surface area (Å²) in [5, 5.41) is 7.72. The van der Waals surface area contributed by atoms with Crippen LogP contribution in [-0.2, 0) is 0 Å². The number of halogens is 1. The summed E-state index contributed by atoms with van der Waals surface area (Å²) in [6.07, 6.45) is 0. The highest BCUT2D eigenvalue weighted by Crippen LogP contribution is 2.22. The van der Waals surface area contributed by atoms with Gasteiger partial charge in [-0.3, -0.25) is 0 Å². The number of benzene rings is 1. The first-order chi connectivity index (χ1) is 7.29. The van der Waals surface area contributed by atoms with Gasteiger partial charge in [0.2, 0.25) is 5.88 Å². The van der Waals surface area contributed by atoms with Crippen molar-refractivity contribution in [3.8, 4) is 11.3 Å². The maximum absolute atomic E-state index is 5.80. The average molecular weight is 223 g/mol. The van der Waals surface area contributed by atoms with E-state index < -0.39 is 0 Å². The third kappa shape index (κ3) is 2.30. The number of hydrogen-bond acceptors (Lipinski definition) is 3. The third-order valence-corrected chi connectivity index (χ3v) is 2.25. The Bertz CT molecular complexity index is 436. The lowest BCUT2D eigenvalue weighted by Crippen LogP contribution is -1.93. The standard InChI is InChI=1S/C11H11ClN2O/c1-2-13-11-7-10(14-15-11)8-3-5-9(12)6-4-8/h3-7,13H,2H2,1H3. The maximum Gasteiger partial charge on any atom is 0.225 e. The van der Waals surface area contributed by atoms with E-state index in [4.69, 9.17) is 16.1 Å². The molecule has 4 heteroatoms. The zero-order chi connectivity index (χ0) is 10.7. The molecule has 0 amide bonds. The fourth-order valence-corrected chi connectivity index (χ4v) is 1.42. The molecule has 0 bridgehead atoms. The van der Waals surface area contributed by atoms with Crippen LogP contribution in [0.5, 0.6) is 0 Å². The fraction of sp³-hybridized carbons (Fsp3) is 0.182. The van der Waals surface area contributed by atoms with Crippen molar-refractivity contribution in [3.05, 3.63) is 35.4 Å². The average Bonchev–Trinajstić information content (AvgIpc) is 2.68. The van der Waals surface area contributed by atoms with Crippen LogP contribution in [0.1, 0.15) is 6.92 Å².